The van der Waals surface area contributed by atoms with Gasteiger partial charge in [-0.1, -0.05) is 30.3 Å². The first-order chi connectivity index (χ1) is 9.51. The second-order valence-corrected chi connectivity index (χ2v) is 6.53. The van der Waals surface area contributed by atoms with E-state index in [0.717, 1.165) is 32.6 Å². The average Bonchev–Trinajstić information content (AvgIpc) is 2.41. The minimum Gasteiger partial charge on any atom is -0.382 e. The van der Waals surface area contributed by atoms with Crippen molar-refractivity contribution in [3.8, 4) is 0 Å². The molecule has 0 radical (unpaired) electrons. The summed E-state index contributed by atoms with van der Waals surface area (Å²) in [7, 11) is 0. The minimum absolute atomic E-state index is 0.189. The summed E-state index contributed by atoms with van der Waals surface area (Å²) < 4.78 is 5.46. The largest absolute Gasteiger partial charge is 0.382 e. The van der Waals surface area contributed by atoms with E-state index in [-0.39, 0.29) is 5.54 Å². The molecule has 0 saturated heterocycles. The van der Waals surface area contributed by atoms with Crippen LogP contribution in [0.3, 0.4) is 0 Å². The van der Waals surface area contributed by atoms with Gasteiger partial charge in [-0.05, 0) is 65.0 Å². The van der Waals surface area contributed by atoms with E-state index in [1.54, 1.807) is 0 Å². The van der Waals surface area contributed by atoms with E-state index in [4.69, 9.17) is 4.74 Å². The van der Waals surface area contributed by atoms with E-state index >= 15 is 0 Å². The molecule has 20 heavy (non-hydrogen) atoms. The van der Waals surface area contributed by atoms with Crippen molar-refractivity contribution in [2.75, 3.05) is 19.8 Å². The van der Waals surface area contributed by atoms with E-state index < -0.39 is 0 Å². The maximum atomic E-state index is 5.46. The lowest BCUT2D eigenvalue weighted by Gasteiger charge is -2.25. The van der Waals surface area contributed by atoms with E-state index in [1.807, 2.05) is 0 Å². The highest BCUT2D eigenvalue weighted by Gasteiger charge is 2.14. The SMILES string of the molecule is CCOCCCC(CNC(C)(C)C)Cc1ccccc1. The van der Waals surface area contributed by atoms with Gasteiger partial charge < -0.3 is 10.1 Å². The zero-order chi connectivity index (χ0) is 14.8. The normalized spacial score (nSPS) is 13.4. The number of hydrogen-bond acceptors (Lipinski definition) is 2. The Morgan fingerprint density at radius 1 is 1.15 bits per heavy atom. The van der Waals surface area contributed by atoms with Crippen LogP contribution in [0.1, 0.15) is 46.1 Å². The lowest BCUT2D eigenvalue weighted by molar-refractivity contribution is 0.138. The summed E-state index contributed by atoms with van der Waals surface area (Å²) in [5.74, 6) is 0.678. The zero-order valence-corrected chi connectivity index (χ0v) is 13.6. The summed E-state index contributed by atoms with van der Waals surface area (Å²) in [6.45, 7) is 11.5. The van der Waals surface area contributed by atoms with Crippen LogP contribution in [0.25, 0.3) is 0 Å². The lowest BCUT2D eigenvalue weighted by Crippen LogP contribution is -2.39. The second kappa shape index (κ2) is 9.15. The maximum Gasteiger partial charge on any atom is 0.0466 e. The smallest absolute Gasteiger partial charge is 0.0466 e. The summed E-state index contributed by atoms with van der Waals surface area (Å²) in [5.41, 5.74) is 1.62. The van der Waals surface area contributed by atoms with Crippen molar-refractivity contribution in [1.29, 1.82) is 0 Å². The van der Waals surface area contributed by atoms with Gasteiger partial charge in [0.05, 0.1) is 0 Å². The van der Waals surface area contributed by atoms with Gasteiger partial charge in [-0.2, -0.15) is 0 Å². The van der Waals surface area contributed by atoms with Crippen molar-refractivity contribution < 1.29 is 4.74 Å². The summed E-state index contributed by atoms with van der Waals surface area (Å²) in [6.07, 6.45) is 3.52. The Balaban J connectivity index is 2.45. The summed E-state index contributed by atoms with van der Waals surface area (Å²) in [6, 6.07) is 10.8. The Morgan fingerprint density at radius 2 is 1.85 bits per heavy atom. The molecular weight excluding hydrogens is 246 g/mol. The number of ether oxygens (including phenoxy) is 1. The first-order valence-corrected chi connectivity index (χ1v) is 7.88. The van der Waals surface area contributed by atoms with Crippen LogP contribution in [-0.2, 0) is 11.2 Å². The topological polar surface area (TPSA) is 21.3 Å². The highest BCUT2D eigenvalue weighted by molar-refractivity contribution is 5.15. The van der Waals surface area contributed by atoms with Crippen LogP contribution < -0.4 is 5.32 Å². The molecule has 114 valence electrons. The predicted molar refractivity (Wildman–Crippen MR) is 87.1 cm³/mol. The Morgan fingerprint density at radius 3 is 2.45 bits per heavy atom. The monoisotopic (exact) mass is 277 g/mol. The summed E-state index contributed by atoms with van der Waals surface area (Å²) >= 11 is 0. The number of nitrogens with one attached hydrogen (secondary N) is 1. The van der Waals surface area contributed by atoms with Gasteiger partial charge in [0.2, 0.25) is 0 Å². The van der Waals surface area contributed by atoms with Gasteiger partial charge in [-0.3, -0.25) is 0 Å². The Hall–Kier alpha value is -0.860. The average molecular weight is 277 g/mol. The van der Waals surface area contributed by atoms with Gasteiger partial charge in [0.15, 0.2) is 0 Å². The van der Waals surface area contributed by atoms with Crippen LogP contribution in [0.15, 0.2) is 30.3 Å². The van der Waals surface area contributed by atoms with E-state index in [0.29, 0.717) is 5.92 Å². The molecule has 0 amide bonds. The van der Waals surface area contributed by atoms with Crippen molar-refractivity contribution in [3.63, 3.8) is 0 Å². The van der Waals surface area contributed by atoms with Crippen LogP contribution in [0.2, 0.25) is 0 Å². The zero-order valence-electron chi connectivity index (χ0n) is 13.6. The lowest BCUT2D eigenvalue weighted by atomic mass is 9.93. The van der Waals surface area contributed by atoms with Crippen LogP contribution >= 0.6 is 0 Å². The molecule has 1 N–H and O–H groups in total. The molecule has 0 aliphatic rings. The highest BCUT2D eigenvalue weighted by atomic mass is 16.5. The van der Waals surface area contributed by atoms with Crippen LogP contribution in [-0.4, -0.2) is 25.3 Å². The van der Waals surface area contributed by atoms with Crippen molar-refractivity contribution in [1.82, 2.24) is 5.32 Å². The molecule has 0 fully saturated rings. The fourth-order valence-corrected chi connectivity index (χ4v) is 2.29. The highest BCUT2D eigenvalue weighted by Crippen LogP contribution is 2.15. The quantitative estimate of drug-likeness (QED) is 0.688. The van der Waals surface area contributed by atoms with E-state index in [2.05, 4.69) is 63.3 Å². The molecule has 1 atom stereocenters. The molecule has 1 aromatic carbocycles. The molecule has 1 rings (SSSR count). The predicted octanol–water partition coefficient (Wildman–Crippen LogP) is 4.05. The maximum absolute atomic E-state index is 5.46. The second-order valence-electron chi connectivity index (χ2n) is 6.53. The van der Waals surface area contributed by atoms with Crippen molar-refractivity contribution in [3.05, 3.63) is 35.9 Å². The Labute approximate surface area is 124 Å². The first kappa shape index (κ1) is 17.2. The van der Waals surface area contributed by atoms with Crippen LogP contribution in [0.5, 0.6) is 0 Å². The first-order valence-electron chi connectivity index (χ1n) is 7.88. The summed E-state index contributed by atoms with van der Waals surface area (Å²) in [5, 5.41) is 3.64. The molecule has 0 saturated carbocycles. The van der Waals surface area contributed by atoms with Gasteiger partial charge in [0.1, 0.15) is 0 Å². The number of benzene rings is 1. The molecule has 2 nitrogen and oxygen atoms in total. The molecule has 0 aliphatic heterocycles. The molecule has 2 heteroatoms. The van der Waals surface area contributed by atoms with Gasteiger partial charge >= 0.3 is 0 Å². The molecule has 0 aliphatic carbocycles. The standard InChI is InChI=1S/C18H31NO/c1-5-20-13-9-12-17(15-19-18(2,3)4)14-16-10-7-6-8-11-16/h6-8,10-11,17,19H,5,9,12-15H2,1-4H3. The third-order valence-electron chi connectivity index (χ3n) is 3.39. The summed E-state index contributed by atoms with van der Waals surface area (Å²) in [4.78, 5) is 0. The van der Waals surface area contributed by atoms with Gasteiger partial charge in [-0.15, -0.1) is 0 Å². The minimum atomic E-state index is 0.189. The van der Waals surface area contributed by atoms with Crippen LogP contribution in [0.4, 0.5) is 0 Å². The van der Waals surface area contributed by atoms with Crippen molar-refractivity contribution >= 4 is 0 Å². The molecule has 1 unspecified atom stereocenters. The van der Waals surface area contributed by atoms with Crippen LogP contribution in [0, 0.1) is 5.92 Å². The van der Waals surface area contributed by atoms with Crippen molar-refractivity contribution in [2.24, 2.45) is 5.92 Å². The number of hydrogen-bond donors (Lipinski definition) is 1. The molecule has 0 bridgehead atoms. The fraction of sp³-hybridized carbons (Fsp3) is 0.667. The van der Waals surface area contributed by atoms with E-state index in [9.17, 15) is 0 Å². The third-order valence-corrected chi connectivity index (χ3v) is 3.39. The molecule has 0 aromatic heterocycles. The Bertz CT molecular complexity index is 342. The van der Waals surface area contributed by atoms with E-state index in [1.165, 1.54) is 12.0 Å². The molecular formula is C18H31NO. The third kappa shape index (κ3) is 8.34. The molecule has 1 aromatic rings. The molecule has 0 spiro atoms. The van der Waals surface area contributed by atoms with Crippen molar-refractivity contribution in [2.45, 2.75) is 52.5 Å². The number of rotatable bonds is 9. The molecule has 0 heterocycles. The Kier molecular flexibility index (Phi) is 7.86. The van der Waals surface area contributed by atoms with Gasteiger partial charge in [0.25, 0.3) is 0 Å². The van der Waals surface area contributed by atoms with Gasteiger partial charge in [0, 0.05) is 18.8 Å². The fourth-order valence-electron chi connectivity index (χ4n) is 2.29. The van der Waals surface area contributed by atoms with Gasteiger partial charge in [-0.25, -0.2) is 0 Å².